The van der Waals surface area contributed by atoms with Gasteiger partial charge in [0.2, 0.25) is 5.78 Å². The van der Waals surface area contributed by atoms with Crippen molar-refractivity contribution in [1.82, 2.24) is 0 Å². The minimum Gasteiger partial charge on any atom is -0.468 e. The molecule has 0 heterocycles. The first kappa shape index (κ1) is 16.4. The molecule has 0 saturated carbocycles. The van der Waals surface area contributed by atoms with E-state index in [1.807, 2.05) is 0 Å². The Labute approximate surface area is 142 Å². The van der Waals surface area contributed by atoms with Crippen molar-refractivity contribution < 1.29 is 28.7 Å². The fraction of sp³-hybridized carbons (Fsp3) is 0.294. The van der Waals surface area contributed by atoms with Gasteiger partial charge in [0.15, 0.2) is 11.2 Å². The van der Waals surface area contributed by atoms with Crippen LogP contribution in [0.5, 0.6) is 0 Å². The Kier molecular flexibility index (Phi) is 3.80. The van der Waals surface area contributed by atoms with E-state index in [1.54, 1.807) is 6.07 Å². The maximum absolute atomic E-state index is 12.2. The summed E-state index contributed by atoms with van der Waals surface area (Å²) in [6.45, 7) is 0. The summed E-state index contributed by atoms with van der Waals surface area (Å²) >= 11 is 5.78. The summed E-state index contributed by atoms with van der Waals surface area (Å²) in [6.07, 6.45) is 1.16. The van der Waals surface area contributed by atoms with Crippen molar-refractivity contribution in [2.45, 2.75) is 12.8 Å². The van der Waals surface area contributed by atoms with Crippen LogP contribution in [0.3, 0.4) is 0 Å². The molecule has 0 amide bonds. The Morgan fingerprint density at radius 3 is 2.00 bits per heavy atom. The molecule has 0 fully saturated rings. The predicted molar refractivity (Wildman–Crippen MR) is 82.9 cm³/mol. The summed E-state index contributed by atoms with van der Waals surface area (Å²) in [7, 11) is 2.38. The van der Waals surface area contributed by atoms with Crippen molar-refractivity contribution >= 4 is 35.1 Å². The van der Waals surface area contributed by atoms with Crippen molar-refractivity contribution in [2.75, 3.05) is 14.2 Å². The third kappa shape index (κ3) is 2.17. The second kappa shape index (κ2) is 5.56. The molecule has 2 aliphatic rings. The molecular weight excluding hydrogens is 336 g/mol. The molecular formula is C17H13ClO6. The van der Waals surface area contributed by atoms with Crippen LogP contribution in [0.25, 0.3) is 0 Å². The molecule has 3 rings (SSSR count). The monoisotopic (exact) mass is 348 g/mol. The number of carbonyl (C=O) groups is 4. The minimum atomic E-state index is -1.50. The fourth-order valence-electron chi connectivity index (χ4n) is 3.27. The smallest absolute Gasteiger partial charge is 0.323 e. The largest absolute Gasteiger partial charge is 0.468 e. The van der Waals surface area contributed by atoms with Gasteiger partial charge in [0.25, 0.3) is 0 Å². The summed E-state index contributed by atoms with van der Waals surface area (Å²) in [4.78, 5) is 48.7. The van der Waals surface area contributed by atoms with Crippen LogP contribution in [0.2, 0.25) is 0 Å². The number of allylic oxidation sites excluding steroid dienone is 2. The van der Waals surface area contributed by atoms with Gasteiger partial charge in [-0.05, 0) is 36.1 Å². The van der Waals surface area contributed by atoms with Gasteiger partial charge < -0.3 is 9.47 Å². The van der Waals surface area contributed by atoms with Crippen LogP contribution in [0.15, 0.2) is 23.2 Å². The van der Waals surface area contributed by atoms with Crippen molar-refractivity contribution in [3.8, 4) is 0 Å². The van der Waals surface area contributed by atoms with E-state index in [1.165, 1.54) is 20.3 Å². The number of esters is 2. The summed E-state index contributed by atoms with van der Waals surface area (Å²) in [5.41, 5.74) is 0.152. The molecule has 0 bridgehead atoms. The first-order valence-corrected chi connectivity index (χ1v) is 7.50. The van der Waals surface area contributed by atoms with Crippen molar-refractivity contribution in [3.63, 3.8) is 0 Å². The van der Waals surface area contributed by atoms with Crippen molar-refractivity contribution in [3.05, 3.63) is 45.5 Å². The Balaban J connectivity index is 2.11. The van der Waals surface area contributed by atoms with Crippen LogP contribution in [0.1, 0.15) is 31.8 Å². The van der Waals surface area contributed by atoms with Gasteiger partial charge in [-0.25, -0.2) is 0 Å². The zero-order valence-electron chi connectivity index (χ0n) is 13.0. The number of fused-ring (bicyclic) bond motifs is 2. The van der Waals surface area contributed by atoms with E-state index in [0.29, 0.717) is 11.1 Å². The van der Waals surface area contributed by atoms with Gasteiger partial charge in [-0.3, -0.25) is 19.2 Å². The van der Waals surface area contributed by atoms with Crippen LogP contribution in [-0.2, 0) is 31.9 Å². The van der Waals surface area contributed by atoms with E-state index in [2.05, 4.69) is 0 Å². The van der Waals surface area contributed by atoms with E-state index < -0.39 is 23.1 Å². The second-order valence-electron chi connectivity index (χ2n) is 5.77. The molecule has 0 atom stereocenters. The molecule has 0 aromatic heterocycles. The number of benzene rings is 1. The third-order valence-electron chi connectivity index (χ3n) is 4.46. The lowest BCUT2D eigenvalue weighted by molar-refractivity contribution is -0.168. The molecule has 2 aliphatic carbocycles. The Morgan fingerprint density at radius 1 is 1.00 bits per heavy atom. The number of rotatable bonds is 2. The highest BCUT2D eigenvalue weighted by molar-refractivity contribution is 6.49. The number of ketones is 2. The van der Waals surface area contributed by atoms with Crippen molar-refractivity contribution in [2.24, 2.45) is 5.41 Å². The number of methoxy groups -OCH3 is 2. The van der Waals surface area contributed by atoms with Crippen molar-refractivity contribution in [1.29, 1.82) is 0 Å². The molecule has 0 radical (unpaired) electrons. The highest BCUT2D eigenvalue weighted by Gasteiger charge is 2.53. The molecule has 0 aliphatic heterocycles. The zero-order chi connectivity index (χ0) is 17.6. The number of Topliss-reactive ketones (excluding diaryl/α,β-unsaturated/α-hetero) is 1. The van der Waals surface area contributed by atoms with E-state index in [-0.39, 0.29) is 34.8 Å². The molecule has 1 aromatic rings. The van der Waals surface area contributed by atoms with Gasteiger partial charge in [0.1, 0.15) is 0 Å². The second-order valence-corrected chi connectivity index (χ2v) is 6.18. The summed E-state index contributed by atoms with van der Waals surface area (Å²) in [6, 6.07) is 3.06. The first-order valence-electron chi connectivity index (χ1n) is 7.13. The average Bonchev–Trinajstić information content (AvgIpc) is 2.96. The van der Waals surface area contributed by atoms with E-state index >= 15 is 0 Å². The summed E-state index contributed by atoms with van der Waals surface area (Å²) < 4.78 is 9.54. The fourth-order valence-corrected chi connectivity index (χ4v) is 3.47. The maximum atomic E-state index is 12.2. The molecule has 0 N–H and O–H groups in total. The molecule has 0 spiro atoms. The number of ether oxygens (including phenoxy) is 2. The van der Waals surface area contributed by atoms with Gasteiger partial charge in [-0.1, -0.05) is 11.6 Å². The standard InChI is InChI=1S/C17H13ClO6/c1-23-15(21)17(16(22)24-2)6-8-3-10-11(4-9(8)7-17)14(20)12(18)5-13(10)19/h3-5H,6-7H2,1-2H3. The van der Waals surface area contributed by atoms with Crippen LogP contribution in [-0.4, -0.2) is 37.7 Å². The lowest BCUT2D eigenvalue weighted by atomic mass is 9.85. The van der Waals surface area contributed by atoms with Gasteiger partial charge >= 0.3 is 11.9 Å². The Bertz CT molecular complexity index is 820. The maximum Gasteiger partial charge on any atom is 0.323 e. The number of hydrogen-bond donors (Lipinski definition) is 0. The minimum absolute atomic E-state index is 0.0394. The highest BCUT2D eigenvalue weighted by atomic mass is 35.5. The Morgan fingerprint density at radius 2 is 1.50 bits per heavy atom. The third-order valence-corrected chi connectivity index (χ3v) is 4.74. The quantitative estimate of drug-likeness (QED) is 0.596. The van der Waals surface area contributed by atoms with E-state index in [9.17, 15) is 19.2 Å². The zero-order valence-corrected chi connectivity index (χ0v) is 13.7. The normalized spacial score (nSPS) is 17.7. The molecule has 0 saturated heterocycles. The average molecular weight is 349 g/mol. The summed E-state index contributed by atoms with van der Waals surface area (Å²) in [5, 5.41) is -0.155. The SMILES string of the molecule is COC(=O)C1(C(=O)OC)Cc2cc3c(cc2C1)C(=O)C(Cl)=CC3=O. The van der Waals surface area contributed by atoms with Crippen LogP contribution < -0.4 is 0 Å². The lowest BCUT2D eigenvalue weighted by Gasteiger charge is -2.22. The lowest BCUT2D eigenvalue weighted by Crippen LogP contribution is -2.42. The Hall–Kier alpha value is -2.47. The molecule has 0 unspecified atom stereocenters. The number of halogens is 1. The molecule has 7 heteroatoms. The number of hydrogen-bond acceptors (Lipinski definition) is 6. The van der Waals surface area contributed by atoms with Gasteiger partial charge in [-0.2, -0.15) is 0 Å². The van der Waals surface area contributed by atoms with Crippen LogP contribution in [0, 0.1) is 5.41 Å². The predicted octanol–water partition coefficient (Wildman–Crippen LogP) is 1.62. The highest BCUT2D eigenvalue weighted by Crippen LogP contribution is 2.41. The van der Waals surface area contributed by atoms with Crippen LogP contribution in [0.4, 0.5) is 0 Å². The molecule has 24 heavy (non-hydrogen) atoms. The number of carbonyl (C=O) groups excluding carboxylic acids is 4. The van der Waals surface area contributed by atoms with Gasteiger partial charge in [-0.15, -0.1) is 0 Å². The topological polar surface area (TPSA) is 86.7 Å². The van der Waals surface area contributed by atoms with E-state index in [0.717, 1.165) is 6.08 Å². The van der Waals surface area contributed by atoms with Gasteiger partial charge in [0, 0.05) is 17.2 Å². The molecule has 124 valence electrons. The van der Waals surface area contributed by atoms with Crippen LogP contribution >= 0.6 is 11.6 Å². The van der Waals surface area contributed by atoms with E-state index in [4.69, 9.17) is 21.1 Å². The first-order chi connectivity index (χ1) is 11.3. The summed E-state index contributed by atoms with van der Waals surface area (Å²) in [5.74, 6) is -2.26. The molecule has 6 nitrogen and oxygen atoms in total. The molecule has 1 aromatic carbocycles. The van der Waals surface area contributed by atoms with Gasteiger partial charge in [0.05, 0.1) is 19.3 Å².